The van der Waals surface area contributed by atoms with Crippen LogP contribution < -0.4 is 5.73 Å². The summed E-state index contributed by atoms with van der Waals surface area (Å²) in [6.45, 7) is 2.30. The summed E-state index contributed by atoms with van der Waals surface area (Å²) < 4.78 is 0. The van der Waals surface area contributed by atoms with Crippen LogP contribution in [0.3, 0.4) is 0 Å². The van der Waals surface area contributed by atoms with Crippen LogP contribution in [-0.2, 0) is 14.4 Å². The van der Waals surface area contributed by atoms with E-state index in [-0.39, 0.29) is 25.3 Å². The number of nitrogens with zero attached hydrogens (tertiary/aromatic N) is 1. The van der Waals surface area contributed by atoms with Gasteiger partial charge in [0.05, 0.1) is 11.5 Å². The van der Waals surface area contributed by atoms with Gasteiger partial charge in [-0.25, -0.2) is 0 Å². The van der Waals surface area contributed by atoms with E-state index in [1.165, 1.54) is 4.90 Å². The predicted molar refractivity (Wildman–Crippen MR) is 66.4 cm³/mol. The second-order valence-electron chi connectivity index (χ2n) is 4.99. The molecule has 2 atom stereocenters. The van der Waals surface area contributed by atoms with Crippen molar-refractivity contribution in [1.29, 1.82) is 0 Å². The van der Waals surface area contributed by atoms with E-state index in [1.807, 2.05) is 0 Å². The number of hydrogen-bond acceptors (Lipinski definition) is 4. The van der Waals surface area contributed by atoms with Crippen molar-refractivity contribution in [3.8, 4) is 0 Å². The molecule has 0 aromatic heterocycles. The Hall–Kier alpha value is -1.63. The van der Waals surface area contributed by atoms with E-state index in [2.05, 4.69) is 0 Å². The van der Waals surface area contributed by atoms with Crippen LogP contribution in [0.15, 0.2) is 0 Å². The van der Waals surface area contributed by atoms with E-state index in [1.54, 1.807) is 6.92 Å². The zero-order valence-electron chi connectivity index (χ0n) is 11.0. The van der Waals surface area contributed by atoms with Crippen molar-refractivity contribution >= 4 is 17.8 Å². The molecule has 1 rings (SSSR count). The first kappa shape index (κ1) is 15.4. The van der Waals surface area contributed by atoms with E-state index >= 15 is 0 Å². The summed E-state index contributed by atoms with van der Waals surface area (Å²) in [5.74, 6) is -2.26. The molecule has 1 aliphatic heterocycles. The molecule has 7 heteroatoms. The molecule has 7 nitrogen and oxygen atoms in total. The van der Waals surface area contributed by atoms with E-state index in [0.29, 0.717) is 19.4 Å². The number of carbonyl (C=O) groups excluding carboxylic acids is 1. The van der Waals surface area contributed by atoms with Crippen LogP contribution in [0.2, 0.25) is 0 Å². The lowest BCUT2D eigenvalue weighted by atomic mass is 9.84. The van der Waals surface area contributed by atoms with Crippen LogP contribution in [0, 0.1) is 5.41 Å². The molecule has 2 unspecified atom stereocenters. The number of carboxylic acids is 2. The van der Waals surface area contributed by atoms with Crippen LogP contribution in [0.5, 0.6) is 0 Å². The van der Waals surface area contributed by atoms with Crippen LogP contribution in [0.25, 0.3) is 0 Å². The first-order valence-electron chi connectivity index (χ1n) is 6.32. The minimum absolute atomic E-state index is 0.0663. The number of carbonyl (C=O) groups is 3. The Morgan fingerprint density at radius 3 is 2.42 bits per heavy atom. The summed E-state index contributed by atoms with van der Waals surface area (Å²) in [5, 5.41) is 17.8. The average molecular weight is 272 g/mol. The molecule has 0 aliphatic carbocycles. The van der Waals surface area contributed by atoms with Crippen molar-refractivity contribution in [2.24, 2.45) is 11.1 Å². The zero-order chi connectivity index (χ0) is 14.6. The fourth-order valence-electron chi connectivity index (χ4n) is 2.31. The minimum atomic E-state index is -1.00. The van der Waals surface area contributed by atoms with Crippen molar-refractivity contribution in [1.82, 2.24) is 4.90 Å². The van der Waals surface area contributed by atoms with Gasteiger partial charge in [0.25, 0.3) is 0 Å². The van der Waals surface area contributed by atoms with Crippen molar-refractivity contribution in [2.45, 2.75) is 38.6 Å². The maximum Gasteiger partial charge on any atom is 0.311 e. The third-order valence-corrected chi connectivity index (χ3v) is 3.78. The van der Waals surface area contributed by atoms with Gasteiger partial charge >= 0.3 is 11.9 Å². The predicted octanol–water partition coefficient (Wildman–Crippen LogP) is -0.108. The number of amides is 1. The molecule has 0 aromatic carbocycles. The Balaban J connectivity index is 2.61. The zero-order valence-corrected chi connectivity index (χ0v) is 11.0. The van der Waals surface area contributed by atoms with Crippen molar-refractivity contribution < 1.29 is 24.6 Å². The molecule has 108 valence electrons. The molecule has 1 amide bonds. The van der Waals surface area contributed by atoms with Gasteiger partial charge in [-0.1, -0.05) is 6.92 Å². The highest BCUT2D eigenvalue weighted by Crippen LogP contribution is 2.34. The van der Waals surface area contributed by atoms with Crippen LogP contribution >= 0.6 is 0 Å². The normalized spacial score (nSPS) is 24.2. The van der Waals surface area contributed by atoms with Gasteiger partial charge in [0, 0.05) is 19.5 Å². The molecule has 1 saturated heterocycles. The van der Waals surface area contributed by atoms with Gasteiger partial charge in [-0.2, -0.15) is 0 Å². The summed E-state index contributed by atoms with van der Waals surface area (Å²) in [4.78, 5) is 35.1. The molecule has 19 heavy (non-hydrogen) atoms. The summed E-state index contributed by atoms with van der Waals surface area (Å²) in [6, 6.07) is -0.877. The smallest absolute Gasteiger partial charge is 0.311 e. The van der Waals surface area contributed by atoms with E-state index in [4.69, 9.17) is 10.8 Å². The molecule has 0 saturated carbocycles. The average Bonchev–Trinajstić information content (AvgIpc) is 2.80. The third-order valence-electron chi connectivity index (χ3n) is 3.78. The monoisotopic (exact) mass is 272 g/mol. The number of nitrogens with two attached hydrogens (primary N) is 1. The van der Waals surface area contributed by atoms with Gasteiger partial charge in [-0.05, 0) is 19.3 Å². The number of aliphatic carboxylic acids is 2. The molecule has 1 heterocycles. The Morgan fingerprint density at radius 1 is 1.37 bits per heavy atom. The van der Waals surface area contributed by atoms with Crippen LogP contribution in [-0.4, -0.2) is 52.1 Å². The fraction of sp³-hybridized carbons (Fsp3) is 0.750. The Bertz CT molecular complexity index is 384. The van der Waals surface area contributed by atoms with Crippen molar-refractivity contribution in [2.75, 3.05) is 13.1 Å². The van der Waals surface area contributed by atoms with Gasteiger partial charge in [0.2, 0.25) is 5.91 Å². The molecular weight excluding hydrogens is 252 g/mol. The topological polar surface area (TPSA) is 121 Å². The van der Waals surface area contributed by atoms with Gasteiger partial charge < -0.3 is 20.8 Å². The van der Waals surface area contributed by atoms with E-state index in [0.717, 1.165) is 0 Å². The molecule has 0 radical (unpaired) electrons. The van der Waals surface area contributed by atoms with Crippen molar-refractivity contribution in [3.63, 3.8) is 0 Å². The second-order valence-corrected chi connectivity index (χ2v) is 4.99. The number of rotatable bonds is 6. The highest BCUT2D eigenvalue weighted by atomic mass is 16.4. The molecule has 1 aliphatic rings. The molecular formula is C12H20N2O5. The van der Waals surface area contributed by atoms with Gasteiger partial charge in [-0.15, -0.1) is 0 Å². The molecule has 0 bridgehead atoms. The highest BCUT2D eigenvalue weighted by molar-refractivity contribution is 5.84. The maximum absolute atomic E-state index is 12.0. The molecule has 4 N–H and O–H groups in total. The first-order chi connectivity index (χ1) is 8.82. The Labute approximate surface area is 111 Å². The Morgan fingerprint density at radius 2 is 2.00 bits per heavy atom. The van der Waals surface area contributed by atoms with Crippen LogP contribution in [0.4, 0.5) is 0 Å². The summed E-state index contributed by atoms with van der Waals surface area (Å²) in [7, 11) is 0. The van der Waals surface area contributed by atoms with Gasteiger partial charge in [-0.3, -0.25) is 14.4 Å². The van der Waals surface area contributed by atoms with E-state index in [9.17, 15) is 19.5 Å². The van der Waals surface area contributed by atoms with Gasteiger partial charge in [0.1, 0.15) is 0 Å². The number of carboxylic acid groups (broad SMARTS) is 2. The maximum atomic E-state index is 12.0. The lowest BCUT2D eigenvalue weighted by Crippen LogP contribution is -2.44. The lowest BCUT2D eigenvalue weighted by Gasteiger charge is -2.24. The fourth-order valence-corrected chi connectivity index (χ4v) is 2.31. The second kappa shape index (κ2) is 6.01. The summed E-state index contributed by atoms with van der Waals surface area (Å²) in [6.07, 6.45) is 0.766. The van der Waals surface area contributed by atoms with Crippen LogP contribution in [0.1, 0.15) is 32.6 Å². The number of likely N-dealkylation sites (tertiary alicyclic amines) is 1. The standard InChI is InChI=1S/C12H20N2O5/c1-2-12(11(18)19)5-6-14(7-12)10(17)8(13)3-4-9(15)16/h8H,2-7,13H2,1H3,(H,15,16)(H,18,19). The quantitative estimate of drug-likeness (QED) is 0.620. The summed E-state index contributed by atoms with van der Waals surface area (Å²) >= 11 is 0. The first-order valence-corrected chi connectivity index (χ1v) is 6.32. The number of hydrogen-bond donors (Lipinski definition) is 3. The lowest BCUT2D eigenvalue weighted by molar-refractivity contribution is -0.148. The summed E-state index contributed by atoms with van der Waals surface area (Å²) in [5.41, 5.74) is 4.76. The molecule has 1 fully saturated rings. The van der Waals surface area contributed by atoms with E-state index < -0.39 is 23.4 Å². The van der Waals surface area contributed by atoms with Crippen molar-refractivity contribution in [3.05, 3.63) is 0 Å². The SMILES string of the molecule is CCC1(C(=O)O)CCN(C(=O)C(N)CCC(=O)O)C1. The molecule has 0 aromatic rings. The Kier molecular flexibility index (Phi) is 4.88. The van der Waals surface area contributed by atoms with Gasteiger partial charge in [0.15, 0.2) is 0 Å². The molecule has 0 spiro atoms. The largest absolute Gasteiger partial charge is 0.481 e. The highest BCUT2D eigenvalue weighted by Gasteiger charge is 2.45. The minimum Gasteiger partial charge on any atom is -0.481 e. The third kappa shape index (κ3) is 3.44.